The maximum Gasteiger partial charge on any atom is 0.229 e. The van der Waals surface area contributed by atoms with Gasteiger partial charge in [-0.05, 0) is 32.1 Å². The van der Waals surface area contributed by atoms with Crippen molar-refractivity contribution >= 4 is 29.2 Å². The van der Waals surface area contributed by atoms with Gasteiger partial charge in [-0.1, -0.05) is 0 Å². The molecule has 26 heavy (non-hydrogen) atoms. The fraction of sp³-hybridized carbons (Fsp3) is 0.438. The van der Waals surface area contributed by atoms with Crippen molar-refractivity contribution < 1.29 is 4.74 Å². The van der Waals surface area contributed by atoms with Gasteiger partial charge in [-0.3, -0.25) is 10.3 Å². The number of aromatic amines is 1. The molecule has 0 aliphatic carbocycles. The zero-order chi connectivity index (χ0) is 18.8. The molecule has 0 spiro atoms. The average Bonchev–Trinajstić information content (AvgIpc) is 3.07. The Morgan fingerprint density at radius 1 is 1.31 bits per heavy atom. The second-order valence-corrected chi connectivity index (χ2v) is 5.94. The van der Waals surface area contributed by atoms with Gasteiger partial charge in [0.1, 0.15) is 0 Å². The molecule has 2 rings (SSSR count). The average molecular weight is 376 g/mol. The van der Waals surface area contributed by atoms with Crippen molar-refractivity contribution in [2.45, 2.75) is 20.3 Å². The lowest BCUT2D eigenvalue weighted by molar-refractivity contribution is 0.204. The maximum absolute atomic E-state index is 5.29. The largest absolute Gasteiger partial charge is 0.383 e. The molecule has 0 aliphatic heterocycles. The van der Waals surface area contributed by atoms with Crippen molar-refractivity contribution in [1.29, 1.82) is 0 Å². The number of anilines is 1. The Morgan fingerprint density at radius 2 is 2.08 bits per heavy atom. The van der Waals surface area contributed by atoms with Crippen LogP contribution in [0.3, 0.4) is 0 Å². The fourth-order valence-electron chi connectivity index (χ4n) is 2.13. The zero-order valence-corrected chi connectivity index (χ0v) is 16.0. The number of hydrogen-bond donors (Lipinski definition) is 4. The van der Waals surface area contributed by atoms with Gasteiger partial charge >= 0.3 is 0 Å². The summed E-state index contributed by atoms with van der Waals surface area (Å²) in [7, 11) is 1.64. The van der Waals surface area contributed by atoms with Crippen LogP contribution in [0.4, 0.5) is 5.95 Å². The molecule has 0 bridgehead atoms. The summed E-state index contributed by atoms with van der Waals surface area (Å²) in [6.45, 7) is 5.53. The number of H-pyrrole nitrogens is 1. The molecule has 0 fully saturated rings. The van der Waals surface area contributed by atoms with Crippen molar-refractivity contribution in [3.05, 3.63) is 35.7 Å². The van der Waals surface area contributed by atoms with E-state index in [0.29, 0.717) is 36.7 Å². The topological polar surface area (TPSA) is 112 Å². The number of hydrogen-bond acceptors (Lipinski definition) is 6. The minimum absolute atomic E-state index is 0.444. The Kier molecular flexibility index (Phi) is 7.90. The molecule has 0 saturated carbocycles. The third-order valence-corrected chi connectivity index (χ3v) is 3.49. The highest BCUT2D eigenvalue weighted by molar-refractivity contribution is 7.80. The monoisotopic (exact) mass is 376 g/mol. The number of aromatic nitrogens is 4. The predicted molar refractivity (Wildman–Crippen MR) is 105 cm³/mol. The van der Waals surface area contributed by atoms with Crippen LogP contribution in [-0.2, 0) is 11.2 Å². The number of nitrogens with zero attached hydrogens (tertiary/aromatic N) is 4. The summed E-state index contributed by atoms with van der Waals surface area (Å²) < 4.78 is 5.00. The molecule has 2 aromatic rings. The number of aryl methyl sites for hydroxylation is 2. The highest BCUT2D eigenvalue weighted by Crippen LogP contribution is 2.03. The molecule has 2 aromatic heterocycles. The summed E-state index contributed by atoms with van der Waals surface area (Å²) in [4.78, 5) is 20.3. The lowest BCUT2D eigenvalue weighted by Crippen LogP contribution is -2.43. The van der Waals surface area contributed by atoms with Gasteiger partial charge in [0.25, 0.3) is 0 Å². The van der Waals surface area contributed by atoms with Gasteiger partial charge in [-0.25, -0.2) is 15.0 Å². The van der Waals surface area contributed by atoms with Gasteiger partial charge in [0.05, 0.1) is 12.9 Å². The summed E-state index contributed by atoms with van der Waals surface area (Å²) in [6.07, 6.45) is 4.15. The van der Waals surface area contributed by atoms with E-state index in [2.05, 4.69) is 40.9 Å². The summed E-state index contributed by atoms with van der Waals surface area (Å²) in [5.41, 5.74) is 2.76. The first kappa shape index (κ1) is 19.7. The first-order valence-electron chi connectivity index (χ1n) is 8.21. The van der Waals surface area contributed by atoms with Crippen molar-refractivity contribution in [2.24, 2.45) is 4.99 Å². The first-order chi connectivity index (χ1) is 12.6. The number of thiocarbonyl (C=S) groups is 1. The van der Waals surface area contributed by atoms with Crippen LogP contribution in [0.15, 0.2) is 23.6 Å². The van der Waals surface area contributed by atoms with E-state index in [1.807, 2.05) is 19.9 Å². The van der Waals surface area contributed by atoms with E-state index in [0.717, 1.165) is 23.5 Å². The molecular weight excluding hydrogens is 352 g/mol. The minimum atomic E-state index is 0.444. The molecule has 0 radical (unpaired) electrons. The minimum Gasteiger partial charge on any atom is -0.383 e. The Labute approximate surface area is 158 Å². The summed E-state index contributed by atoms with van der Waals surface area (Å²) >= 11 is 5.29. The van der Waals surface area contributed by atoms with Crippen LogP contribution in [0.1, 0.15) is 17.1 Å². The van der Waals surface area contributed by atoms with Crippen LogP contribution >= 0.6 is 12.2 Å². The van der Waals surface area contributed by atoms with E-state index in [1.54, 1.807) is 19.6 Å². The maximum atomic E-state index is 5.29. The van der Waals surface area contributed by atoms with Crippen LogP contribution in [0.25, 0.3) is 0 Å². The van der Waals surface area contributed by atoms with Crippen LogP contribution in [0, 0.1) is 13.8 Å². The van der Waals surface area contributed by atoms with Crippen LogP contribution in [0.5, 0.6) is 0 Å². The number of methoxy groups -OCH3 is 1. The van der Waals surface area contributed by atoms with E-state index < -0.39 is 0 Å². The van der Waals surface area contributed by atoms with Gasteiger partial charge in [-0.2, -0.15) is 0 Å². The first-order valence-corrected chi connectivity index (χ1v) is 8.62. The Hall–Kier alpha value is -2.59. The molecule has 140 valence electrons. The Morgan fingerprint density at radius 3 is 2.73 bits per heavy atom. The Balaban J connectivity index is 2.02. The van der Waals surface area contributed by atoms with Crippen LogP contribution < -0.4 is 16.0 Å². The lowest BCUT2D eigenvalue weighted by atomic mass is 10.3. The van der Waals surface area contributed by atoms with E-state index in [4.69, 9.17) is 17.0 Å². The van der Waals surface area contributed by atoms with Gasteiger partial charge in [0.15, 0.2) is 5.11 Å². The molecule has 0 saturated heterocycles. The van der Waals surface area contributed by atoms with Gasteiger partial charge in [0.2, 0.25) is 11.9 Å². The number of imidazole rings is 1. The second kappa shape index (κ2) is 10.4. The SMILES string of the molecule is COCCNC(=S)NC(=NCCc1cnc[nH]1)Nc1nc(C)cc(C)n1. The number of aliphatic imine (C=N–C) groups is 1. The van der Waals surface area contributed by atoms with Gasteiger partial charge in [-0.15, -0.1) is 0 Å². The van der Waals surface area contributed by atoms with E-state index >= 15 is 0 Å². The van der Waals surface area contributed by atoms with Crippen LogP contribution in [-0.4, -0.2) is 57.8 Å². The molecule has 0 amide bonds. The predicted octanol–water partition coefficient (Wildman–Crippen LogP) is 0.938. The third-order valence-electron chi connectivity index (χ3n) is 3.24. The standard InChI is InChI=1S/C16H24N8OS/c1-11-8-12(2)22-15(21-11)23-14(24-16(26)19-6-7-25-3)18-5-4-13-9-17-10-20-13/h8-10H,4-7H2,1-3H3,(H,17,20)(H3,18,19,21,22,23,24,26). The lowest BCUT2D eigenvalue weighted by Gasteiger charge is -2.14. The number of rotatable bonds is 7. The molecule has 9 nitrogen and oxygen atoms in total. The molecule has 0 aliphatic rings. The molecule has 0 aromatic carbocycles. The molecule has 4 N–H and O–H groups in total. The summed E-state index contributed by atoms with van der Waals surface area (Å²) in [5, 5.41) is 9.62. The molecule has 10 heteroatoms. The van der Waals surface area contributed by atoms with Crippen molar-refractivity contribution in [1.82, 2.24) is 30.6 Å². The van der Waals surface area contributed by atoms with Crippen molar-refractivity contribution in [3.8, 4) is 0 Å². The summed E-state index contributed by atoms with van der Waals surface area (Å²) in [5.74, 6) is 0.944. The molecule has 0 unspecified atom stereocenters. The summed E-state index contributed by atoms with van der Waals surface area (Å²) in [6, 6.07) is 1.91. The van der Waals surface area contributed by atoms with Crippen molar-refractivity contribution in [2.75, 3.05) is 32.1 Å². The molecule has 2 heterocycles. The van der Waals surface area contributed by atoms with Crippen LogP contribution in [0.2, 0.25) is 0 Å². The number of ether oxygens (including phenoxy) is 1. The van der Waals surface area contributed by atoms with Gasteiger partial charge < -0.3 is 20.4 Å². The normalized spacial score (nSPS) is 11.3. The number of nitrogens with one attached hydrogen (secondary N) is 4. The van der Waals surface area contributed by atoms with E-state index in [9.17, 15) is 0 Å². The van der Waals surface area contributed by atoms with Crippen molar-refractivity contribution in [3.63, 3.8) is 0 Å². The second-order valence-electron chi connectivity index (χ2n) is 5.53. The fourth-order valence-corrected chi connectivity index (χ4v) is 2.32. The molecule has 0 atom stereocenters. The quantitative estimate of drug-likeness (QED) is 0.244. The smallest absolute Gasteiger partial charge is 0.229 e. The Bertz CT molecular complexity index is 712. The highest BCUT2D eigenvalue weighted by atomic mass is 32.1. The number of guanidine groups is 1. The highest BCUT2D eigenvalue weighted by Gasteiger charge is 2.07. The van der Waals surface area contributed by atoms with E-state index in [-0.39, 0.29) is 0 Å². The molecular formula is C16H24N8OS. The van der Waals surface area contributed by atoms with E-state index in [1.165, 1.54) is 0 Å². The zero-order valence-electron chi connectivity index (χ0n) is 15.2. The van der Waals surface area contributed by atoms with Gasteiger partial charge in [0, 0.05) is 49.9 Å². The third kappa shape index (κ3) is 7.11.